The van der Waals surface area contributed by atoms with Crippen molar-refractivity contribution in [2.45, 2.75) is 76.7 Å². The van der Waals surface area contributed by atoms with Gasteiger partial charge in [-0.2, -0.15) is 0 Å². The zero-order valence-electron chi connectivity index (χ0n) is 10.4. The van der Waals surface area contributed by atoms with Crippen molar-refractivity contribution in [2.24, 2.45) is 5.92 Å². The van der Waals surface area contributed by atoms with E-state index in [2.05, 4.69) is 12.2 Å². The molecule has 0 amide bonds. The van der Waals surface area contributed by atoms with Crippen LogP contribution in [-0.2, 0) is 0 Å². The molecule has 0 aromatic carbocycles. The van der Waals surface area contributed by atoms with Crippen LogP contribution < -0.4 is 5.32 Å². The van der Waals surface area contributed by atoms with E-state index in [0.29, 0.717) is 5.54 Å². The maximum absolute atomic E-state index is 3.89. The van der Waals surface area contributed by atoms with Gasteiger partial charge in [0.2, 0.25) is 0 Å². The van der Waals surface area contributed by atoms with Gasteiger partial charge in [-0.15, -0.1) is 0 Å². The summed E-state index contributed by atoms with van der Waals surface area (Å²) in [5.74, 6) is 1.02. The number of piperidine rings is 1. The molecule has 1 heterocycles. The Morgan fingerprint density at radius 3 is 2.53 bits per heavy atom. The molecule has 1 saturated carbocycles. The number of nitrogens with one attached hydrogen (secondary N) is 1. The predicted molar refractivity (Wildman–Crippen MR) is 66.1 cm³/mol. The fourth-order valence-electron chi connectivity index (χ4n) is 3.41. The van der Waals surface area contributed by atoms with Crippen LogP contribution in [0.4, 0.5) is 0 Å². The van der Waals surface area contributed by atoms with Crippen molar-refractivity contribution >= 4 is 0 Å². The molecular formula is C14H27N. The molecule has 1 aliphatic carbocycles. The first kappa shape index (κ1) is 11.4. The minimum atomic E-state index is 0.575. The summed E-state index contributed by atoms with van der Waals surface area (Å²) in [7, 11) is 0. The van der Waals surface area contributed by atoms with Gasteiger partial charge in [0, 0.05) is 5.54 Å². The summed E-state index contributed by atoms with van der Waals surface area (Å²) in [5.41, 5.74) is 0.575. The summed E-state index contributed by atoms with van der Waals surface area (Å²) in [6.45, 7) is 3.59. The molecule has 2 aliphatic rings. The summed E-state index contributed by atoms with van der Waals surface area (Å²) in [5, 5.41) is 3.89. The second-order valence-electron chi connectivity index (χ2n) is 5.62. The fraction of sp³-hybridized carbons (Fsp3) is 1.00. The van der Waals surface area contributed by atoms with Crippen LogP contribution in [0.25, 0.3) is 0 Å². The van der Waals surface area contributed by atoms with Crippen LogP contribution >= 0.6 is 0 Å². The SMILES string of the molecule is CCCCCC1(C2CCC2)CCCCN1. The zero-order valence-corrected chi connectivity index (χ0v) is 10.4. The van der Waals surface area contributed by atoms with Crippen LogP contribution in [0.5, 0.6) is 0 Å². The molecule has 1 nitrogen and oxygen atoms in total. The largest absolute Gasteiger partial charge is 0.311 e. The lowest BCUT2D eigenvalue weighted by atomic mass is 9.65. The predicted octanol–water partition coefficient (Wildman–Crippen LogP) is 3.88. The van der Waals surface area contributed by atoms with Crippen molar-refractivity contribution in [3.63, 3.8) is 0 Å². The van der Waals surface area contributed by atoms with Crippen molar-refractivity contribution in [3.8, 4) is 0 Å². The Morgan fingerprint density at radius 1 is 1.13 bits per heavy atom. The summed E-state index contributed by atoms with van der Waals surface area (Å²) < 4.78 is 0. The molecule has 0 aromatic rings. The fourth-order valence-corrected chi connectivity index (χ4v) is 3.41. The van der Waals surface area contributed by atoms with E-state index in [1.165, 1.54) is 70.8 Å². The number of rotatable bonds is 5. The third kappa shape index (κ3) is 2.55. The number of hydrogen-bond donors (Lipinski definition) is 1. The Morgan fingerprint density at radius 2 is 2.00 bits per heavy atom. The Bertz CT molecular complexity index is 178. The summed E-state index contributed by atoms with van der Waals surface area (Å²) in [6, 6.07) is 0. The van der Waals surface area contributed by atoms with E-state index in [1.54, 1.807) is 0 Å². The minimum Gasteiger partial charge on any atom is -0.311 e. The molecule has 2 fully saturated rings. The van der Waals surface area contributed by atoms with Gasteiger partial charge in [-0.05, 0) is 44.6 Å². The zero-order chi connectivity index (χ0) is 10.6. The maximum atomic E-state index is 3.89. The van der Waals surface area contributed by atoms with Crippen molar-refractivity contribution in [3.05, 3.63) is 0 Å². The molecule has 0 radical (unpaired) electrons. The van der Waals surface area contributed by atoms with E-state index < -0.39 is 0 Å². The molecule has 1 N–H and O–H groups in total. The lowest BCUT2D eigenvalue weighted by Crippen LogP contribution is -2.55. The smallest absolute Gasteiger partial charge is 0.0209 e. The molecule has 1 unspecified atom stereocenters. The van der Waals surface area contributed by atoms with Gasteiger partial charge in [-0.25, -0.2) is 0 Å². The third-order valence-electron chi connectivity index (χ3n) is 4.64. The minimum absolute atomic E-state index is 0.575. The van der Waals surface area contributed by atoms with Crippen LogP contribution in [0.15, 0.2) is 0 Å². The highest BCUT2D eigenvalue weighted by atomic mass is 15.0. The van der Waals surface area contributed by atoms with Crippen LogP contribution in [0.1, 0.15) is 71.1 Å². The topological polar surface area (TPSA) is 12.0 Å². The van der Waals surface area contributed by atoms with Gasteiger partial charge in [-0.1, -0.05) is 39.0 Å². The summed E-state index contributed by atoms with van der Waals surface area (Å²) in [4.78, 5) is 0. The molecule has 0 spiro atoms. The Balaban J connectivity index is 1.88. The molecule has 15 heavy (non-hydrogen) atoms. The van der Waals surface area contributed by atoms with Crippen molar-refractivity contribution in [1.29, 1.82) is 0 Å². The molecule has 0 bridgehead atoms. The summed E-state index contributed by atoms with van der Waals surface area (Å²) in [6.07, 6.45) is 14.5. The highest BCUT2D eigenvalue weighted by molar-refractivity contribution is 4.99. The monoisotopic (exact) mass is 209 g/mol. The lowest BCUT2D eigenvalue weighted by Gasteiger charge is -2.49. The van der Waals surface area contributed by atoms with E-state index >= 15 is 0 Å². The van der Waals surface area contributed by atoms with Gasteiger partial charge >= 0.3 is 0 Å². The first-order valence-electron chi connectivity index (χ1n) is 7.12. The molecule has 2 rings (SSSR count). The standard InChI is InChI=1S/C14H27N/c1-2-3-4-10-14(13-8-7-9-13)11-5-6-12-15-14/h13,15H,2-12H2,1H3. The number of unbranched alkanes of at least 4 members (excludes halogenated alkanes) is 2. The van der Waals surface area contributed by atoms with Crippen molar-refractivity contribution < 1.29 is 0 Å². The highest BCUT2D eigenvalue weighted by Gasteiger charge is 2.41. The van der Waals surface area contributed by atoms with Gasteiger partial charge in [0.25, 0.3) is 0 Å². The molecule has 1 heteroatoms. The van der Waals surface area contributed by atoms with Gasteiger partial charge < -0.3 is 5.32 Å². The molecule has 1 atom stereocenters. The lowest BCUT2D eigenvalue weighted by molar-refractivity contribution is 0.0851. The quantitative estimate of drug-likeness (QED) is 0.678. The van der Waals surface area contributed by atoms with E-state index in [1.807, 2.05) is 0 Å². The molecule has 1 aliphatic heterocycles. The second-order valence-corrected chi connectivity index (χ2v) is 5.62. The van der Waals surface area contributed by atoms with Gasteiger partial charge in [-0.3, -0.25) is 0 Å². The van der Waals surface area contributed by atoms with Crippen LogP contribution in [-0.4, -0.2) is 12.1 Å². The highest BCUT2D eigenvalue weighted by Crippen LogP contribution is 2.43. The summed E-state index contributed by atoms with van der Waals surface area (Å²) >= 11 is 0. The van der Waals surface area contributed by atoms with E-state index in [4.69, 9.17) is 0 Å². The van der Waals surface area contributed by atoms with E-state index in [-0.39, 0.29) is 0 Å². The first-order chi connectivity index (χ1) is 7.37. The first-order valence-corrected chi connectivity index (χ1v) is 7.12. The van der Waals surface area contributed by atoms with Crippen LogP contribution in [0, 0.1) is 5.92 Å². The molecule has 1 saturated heterocycles. The van der Waals surface area contributed by atoms with Gasteiger partial charge in [0.15, 0.2) is 0 Å². The molecular weight excluding hydrogens is 182 g/mol. The molecule has 88 valence electrons. The van der Waals surface area contributed by atoms with E-state index in [0.717, 1.165) is 5.92 Å². The van der Waals surface area contributed by atoms with Crippen molar-refractivity contribution in [1.82, 2.24) is 5.32 Å². The maximum Gasteiger partial charge on any atom is 0.0209 e. The van der Waals surface area contributed by atoms with Crippen LogP contribution in [0.2, 0.25) is 0 Å². The molecule has 0 aromatic heterocycles. The third-order valence-corrected chi connectivity index (χ3v) is 4.64. The Hall–Kier alpha value is -0.0400. The second kappa shape index (κ2) is 5.34. The van der Waals surface area contributed by atoms with Crippen LogP contribution in [0.3, 0.4) is 0 Å². The Labute approximate surface area is 95.0 Å². The average molecular weight is 209 g/mol. The van der Waals surface area contributed by atoms with Gasteiger partial charge in [0.05, 0.1) is 0 Å². The average Bonchev–Trinajstić information content (AvgIpc) is 2.17. The Kier molecular flexibility index (Phi) is 4.07. The number of hydrogen-bond acceptors (Lipinski definition) is 1. The van der Waals surface area contributed by atoms with Gasteiger partial charge in [0.1, 0.15) is 0 Å². The van der Waals surface area contributed by atoms with E-state index in [9.17, 15) is 0 Å². The van der Waals surface area contributed by atoms with Crippen molar-refractivity contribution in [2.75, 3.05) is 6.54 Å². The normalized spacial score (nSPS) is 32.6.